The highest BCUT2D eigenvalue weighted by Gasteiger charge is 2.23. The molecule has 76 valence electrons. The van der Waals surface area contributed by atoms with Crippen molar-refractivity contribution in [1.82, 2.24) is 10.6 Å². The van der Waals surface area contributed by atoms with Crippen molar-refractivity contribution in [3.63, 3.8) is 0 Å². The van der Waals surface area contributed by atoms with Crippen molar-refractivity contribution in [2.75, 3.05) is 6.54 Å². The number of amides is 2. The number of hydrogen-bond acceptors (Lipinski definition) is 1. The molecule has 13 heavy (non-hydrogen) atoms. The molecule has 1 rings (SSSR count). The lowest BCUT2D eigenvalue weighted by atomic mass is 9.92. The molecule has 3 nitrogen and oxygen atoms in total. The summed E-state index contributed by atoms with van der Waals surface area (Å²) >= 11 is 0. The summed E-state index contributed by atoms with van der Waals surface area (Å²) in [5.74, 6) is 0. The van der Waals surface area contributed by atoms with Gasteiger partial charge in [0.1, 0.15) is 0 Å². The van der Waals surface area contributed by atoms with Crippen LogP contribution in [0.2, 0.25) is 0 Å². The molecule has 3 heteroatoms. The lowest BCUT2D eigenvalue weighted by Gasteiger charge is -2.18. The van der Waals surface area contributed by atoms with E-state index in [1.165, 1.54) is 0 Å². The van der Waals surface area contributed by atoms with E-state index in [0.29, 0.717) is 11.5 Å². The molecule has 1 aliphatic carbocycles. The van der Waals surface area contributed by atoms with E-state index in [-0.39, 0.29) is 6.03 Å². The van der Waals surface area contributed by atoms with E-state index >= 15 is 0 Å². The first kappa shape index (κ1) is 10.4. The van der Waals surface area contributed by atoms with Gasteiger partial charge in [-0.15, -0.1) is 0 Å². The number of urea groups is 1. The Kier molecular flexibility index (Phi) is 3.17. The van der Waals surface area contributed by atoms with Crippen LogP contribution in [-0.2, 0) is 0 Å². The summed E-state index contributed by atoms with van der Waals surface area (Å²) in [5, 5.41) is 5.75. The SMILES string of the molecule is CC(C)(C)CCNC(=O)NC1CC1. The van der Waals surface area contributed by atoms with E-state index in [1.807, 2.05) is 0 Å². The van der Waals surface area contributed by atoms with Gasteiger partial charge in [-0.2, -0.15) is 0 Å². The molecule has 0 unspecified atom stereocenters. The van der Waals surface area contributed by atoms with Crippen molar-refractivity contribution in [3.8, 4) is 0 Å². The quantitative estimate of drug-likeness (QED) is 0.691. The number of carbonyl (C=O) groups excluding carboxylic acids is 1. The average Bonchev–Trinajstić information content (AvgIpc) is 2.68. The van der Waals surface area contributed by atoms with E-state index in [9.17, 15) is 4.79 Å². The molecular weight excluding hydrogens is 164 g/mol. The fourth-order valence-corrected chi connectivity index (χ4v) is 1.02. The van der Waals surface area contributed by atoms with E-state index in [1.54, 1.807) is 0 Å². The minimum atomic E-state index is -0.00764. The van der Waals surface area contributed by atoms with Gasteiger partial charge in [-0.1, -0.05) is 20.8 Å². The van der Waals surface area contributed by atoms with Crippen molar-refractivity contribution >= 4 is 6.03 Å². The molecule has 0 bridgehead atoms. The molecule has 1 fully saturated rings. The van der Waals surface area contributed by atoms with Crippen molar-refractivity contribution in [2.45, 2.75) is 46.1 Å². The topological polar surface area (TPSA) is 41.1 Å². The first-order valence-electron chi connectivity index (χ1n) is 5.02. The Bertz CT molecular complexity index is 180. The lowest BCUT2D eigenvalue weighted by molar-refractivity contribution is 0.238. The zero-order valence-corrected chi connectivity index (χ0v) is 8.81. The second kappa shape index (κ2) is 3.99. The van der Waals surface area contributed by atoms with Gasteiger partial charge in [0.15, 0.2) is 0 Å². The molecule has 0 saturated heterocycles. The molecule has 0 aliphatic heterocycles. The molecule has 0 aromatic carbocycles. The monoisotopic (exact) mass is 184 g/mol. The van der Waals surface area contributed by atoms with E-state index in [4.69, 9.17) is 0 Å². The van der Waals surface area contributed by atoms with Gasteiger partial charge < -0.3 is 10.6 Å². The maximum atomic E-state index is 11.2. The highest BCUT2D eigenvalue weighted by molar-refractivity contribution is 5.74. The predicted molar refractivity (Wildman–Crippen MR) is 53.6 cm³/mol. The van der Waals surface area contributed by atoms with Gasteiger partial charge in [0.2, 0.25) is 0 Å². The Labute approximate surface area is 80.3 Å². The zero-order chi connectivity index (χ0) is 9.90. The number of nitrogens with one attached hydrogen (secondary N) is 2. The highest BCUT2D eigenvalue weighted by Crippen LogP contribution is 2.18. The molecule has 0 heterocycles. The first-order chi connectivity index (χ1) is 5.97. The first-order valence-corrected chi connectivity index (χ1v) is 5.02. The van der Waals surface area contributed by atoms with Crippen LogP contribution in [0.15, 0.2) is 0 Å². The van der Waals surface area contributed by atoms with Crippen molar-refractivity contribution in [1.29, 1.82) is 0 Å². The van der Waals surface area contributed by atoms with Crippen LogP contribution in [0.1, 0.15) is 40.0 Å². The van der Waals surface area contributed by atoms with Crippen LogP contribution in [0.3, 0.4) is 0 Å². The van der Waals surface area contributed by atoms with Gasteiger partial charge in [-0.3, -0.25) is 0 Å². The van der Waals surface area contributed by atoms with E-state index in [2.05, 4.69) is 31.4 Å². The Morgan fingerprint density at radius 2 is 2.00 bits per heavy atom. The van der Waals surface area contributed by atoms with Crippen LogP contribution >= 0.6 is 0 Å². The Morgan fingerprint density at radius 3 is 2.46 bits per heavy atom. The van der Waals surface area contributed by atoms with Gasteiger partial charge in [-0.05, 0) is 24.7 Å². The van der Waals surface area contributed by atoms with Gasteiger partial charge in [0.05, 0.1) is 0 Å². The van der Waals surface area contributed by atoms with Gasteiger partial charge in [0, 0.05) is 12.6 Å². The molecule has 2 amide bonds. The summed E-state index contributed by atoms with van der Waals surface area (Å²) in [4.78, 5) is 11.2. The standard InChI is InChI=1S/C10H20N2O/c1-10(2,3)6-7-11-9(13)12-8-4-5-8/h8H,4-7H2,1-3H3,(H2,11,12,13). The molecule has 1 saturated carbocycles. The molecule has 0 aromatic heterocycles. The molecule has 0 atom stereocenters. The molecule has 2 N–H and O–H groups in total. The highest BCUT2D eigenvalue weighted by atomic mass is 16.2. The normalized spacial score (nSPS) is 16.8. The molecular formula is C10H20N2O. The smallest absolute Gasteiger partial charge is 0.315 e. The van der Waals surface area contributed by atoms with Crippen LogP contribution in [0.5, 0.6) is 0 Å². The minimum absolute atomic E-state index is 0.00764. The van der Waals surface area contributed by atoms with E-state index < -0.39 is 0 Å². The molecule has 0 radical (unpaired) electrons. The summed E-state index contributed by atoms with van der Waals surface area (Å²) in [6, 6.07) is 0.446. The zero-order valence-electron chi connectivity index (χ0n) is 8.81. The van der Waals surface area contributed by atoms with Gasteiger partial charge in [0.25, 0.3) is 0 Å². The summed E-state index contributed by atoms with van der Waals surface area (Å²) in [6.45, 7) is 7.29. The third kappa shape index (κ3) is 5.50. The van der Waals surface area contributed by atoms with Crippen LogP contribution in [0.25, 0.3) is 0 Å². The summed E-state index contributed by atoms with van der Waals surface area (Å²) < 4.78 is 0. The number of hydrogen-bond donors (Lipinski definition) is 2. The van der Waals surface area contributed by atoms with Crippen LogP contribution in [0.4, 0.5) is 4.79 Å². The Balaban J connectivity index is 2.01. The lowest BCUT2D eigenvalue weighted by Crippen LogP contribution is -2.38. The predicted octanol–water partition coefficient (Wildman–Crippen LogP) is 1.88. The average molecular weight is 184 g/mol. The van der Waals surface area contributed by atoms with E-state index in [0.717, 1.165) is 25.8 Å². The largest absolute Gasteiger partial charge is 0.338 e. The number of carbonyl (C=O) groups is 1. The molecule has 0 spiro atoms. The minimum Gasteiger partial charge on any atom is -0.338 e. The maximum absolute atomic E-state index is 11.2. The van der Waals surface area contributed by atoms with Crippen molar-refractivity contribution in [3.05, 3.63) is 0 Å². The summed E-state index contributed by atoms with van der Waals surface area (Å²) in [7, 11) is 0. The van der Waals surface area contributed by atoms with Crippen LogP contribution in [0, 0.1) is 5.41 Å². The van der Waals surface area contributed by atoms with Gasteiger partial charge in [-0.25, -0.2) is 4.79 Å². The van der Waals surface area contributed by atoms with Crippen molar-refractivity contribution < 1.29 is 4.79 Å². The second-order valence-corrected chi connectivity index (χ2v) is 4.99. The maximum Gasteiger partial charge on any atom is 0.315 e. The fraction of sp³-hybridized carbons (Fsp3) is 0.900. The Morgan fingerprint density at radius 1 is 1.38 bits per heavy atom. The van der Waals surface area contributed by atoms with Crippen molar-refractivity contribution in [2.24, 2.45) is 5.41 Å². The molecule has 1 aliphatic rings. The third-order valence-electron chi connectivity index (χ3n) is 2.07. The Hall–Kier alpha value is -0.730. The fourth-order valence-electron chi connectivity index (χ4n) is 1.02. The van der Waals surface area contributed by atoms with Crippen LogP contribution in [-0.4, -0.2) is 18.6 Å². The summed E-state index contributed by atoms with van der Waals surface area (Å²) in [6.07, 6.45) is 3.31. The van der Waals surface area contributed by atoms with Gasteiger partial charge >= 0.3 is 6.03 Å². The van der Waals surface area contributed by atoms with Crippen LogP contribution < -0.4 is 10.6 Å². The second-order valence-electron chi connectivity index (χ2n) is 4.99. The summed E-state index contributed by atoms with van der Waals surface area (Å²) in [5.41, 5.74) is 0.298. The molecule has 0 aromatic rings. The number of rotatable bonds is 3. The third-order valence-corrected chi connectivity index (χ3v) is 2.07.